The van der Waals surface area contributed by atoms with E-state index in [0.717, 1.165) is 5.69 Å². The van der Waals surface area contributed by atoms with E-state index in [-0.39, 0.29) is 30.1 Å². The molecule has 144 valence electrons. The first-order chi connectivity index (χ1) is 13.6. The normalized spacial score (nSPS) is 19.8. The molecular weight excluding hydrogens is 356 g/mol. The van der Waals surface area contributed by atoms with Crippen molar-refractivity contribution >= 4 is 23.4 Å². The summed E-state index contributed by atoms with van der Waals surface area (Å²) in [5, 5.41) is 0. The molecule has 1 unspecified atom stereocenters. The van der Waals surface area contributed by atoms with E-state index in [1.165, 1.54) is 0 Å². The van der Waals surface area contributed by atoms with Gasteiger partial charge in [0, 0.05) is 57.2 Å². The van der Waals surface area contributed by atoms with Crippen molar-refractivity contribution in [2.45, 2.75) is 6.42 Å². The maximum atomic E-state index is 12.9. The van der Waals surface area contributed by atoms with Crippen LogP contribution in [0.4, 0.5) is 5.69 Å². The standard InChI is InChI=1S/C21H22N4O3/c26-19-13-17(15-25(19)18-6-2-1-3-7-18)21(28)24-11-9-23(10-12-24)20(27)16-5-4-8-22-14-16/h1-8,14,17H,9-13,15H2. The zero-order valence-corrected chi connectivity index (χ0v) is 15.5. The van der Waals surface area contributed by atoms with Gasteiger partial charge in [-0.1, -0.05) is 18.2 Å². The molecule has 1 atom stereocenters. The van der Waals surface area contributed by atoms with Gasteiger partial charge < -0.3 is 14.7 Å². The molecule has 2 fully saturated rings. The highest BCUT2D eigenvalue weighted by Gasteiger charge is 2.38. The summed E-state index contributed by atoms with van der Waals surface area (Å²) in [7, 11) is 0. The van der Waals surface area contributed by atoms with Gasteiger partial charge in [-0.3, -0.25) is 19.4 Å². The zero-order chi connectivity index (χ0) is 19.5. The lowest BCUT2D eigenvalue weighted by Crippen LogP contribution is -2.52. The van der Waals surface area contributed by atoms with Crippen molar-refractivity contribution < 1.29 is 14.4 Å². The second-order valence-corrected chi connectivity index (χ2v) is 7.10. The number of carbonyl (C=O) groups excluding carboxylic acids is 3. The Labute approximate surface area is 163 Å². The molecule has 2 aliphatic rings. The van der Waals surface area contributed by atoms with Gasteiger partial charge in [0.2, 0.25) is 11.8 Å². The summed E-state index contributed by atoms with van der Waals surface area (Å²) in [6.07, 6.45) is 3.43. The third-order valence-electron chi connectivity index (χ3n) is 5.33. The molecule has 0 aliphatic carbocycles. The van der Waals surface area contributed by atoms with Crippen LogP contribution in [0.15, 0.2) is 54.9 Å². The number of carbonyl (C=O) groups is 3. The van der Waals surface area contributed by atoms with E-state index in [1.54, 1.807) is 39.2 Å². The molecule has 3 heterocycles. The van der Waals surface area contributed by atoms with Crippen LogP contribution in [-0.4, -0.2) is 65.2 Å². The second kappa shape index (κ2) is 7.80. The van der Waals surface area contributed by atoms with E-state index >= 15 is 0 Å². The molecule has 1 aromatic heterocycles. The maximum Gasteiger partial charge on any atom is 0.255 e. The van der Waals surface area contributed by atoms with Crippen molar-refractivity contribution in [2.24, 2.45) is 5.92 Å². The Kier molecular flexibility index (Phi) is 5.06. The molecule has 4 rings (SSSR count). The fraction of sp³-hybridized carbons (Fsp3) is 0.333. The fourth-order valence-corrected chi connectivity index (χ4v) is 3.79. The van der Waals surface area contributed by atoms with Crippen molar-refractivity contribution in [1.82, 2.24) is 14.8 Å². The van der Waals surface area contributed by atoms with Gasteiger partial charge in [-0.2, -0.15) is 0 Å². The number of hydrogen-bond donors (Lipinski definition) is 0. The van der Waals surface area contributed by atoms with E-state index < -0.39 is 0 Å². The summed E-state index contributed by atoms with van der Waals surface area (Å²) >= 11 is 0. The van der Waals surface area contributed by atoms with Gasteiger partial charge in [0.05, 0.1) is 11.5 Å². The SMILES string of the molecule is O=C(c1cccnc1)N1CCN(C(=O)C2CC(=O)N(c3ccccc3)C2)CC1. The number of amides is 3. The number of para-hydroxylation sites is 1. The summed E-state index contributed by atoms with van der Waals surface area (Å²) in [6.45, 7) is 2.36. The molecule has 0 N–H and O–H groups in total. The molecule has 2 aromatic rings. The van der Waals surface area contributed by atoms with Gasteiger partial charge in [0.15, 0.2) is 0 Å². The Morgan fingerprint density at radius 3 is 2.32 bits per heavy atom. The maximum absolute atomic E-state index is 12.9. The minimum atomic E-state index is -0.326. The lowest BCUT2D eigenvalue weighted by Gasteiger charge is -2.35. The molecule has 0 radical (unpaired) electrons. The topological polar surface area (TPSA) is 73.8 Å². The Morgan fingerprint density at radius 2 is 1.64 bits per heavy atom. The summed E-state index contributed by atoms with van der Waals surface area (Å²) in [4.78, 5) is 47.0. The van der Waals surface area contributed by atoms with Gasteiger partial charge in [0.25, 0.3) is 5.91 Å². The largest absolute Gasteiger partial charge is 0.339 e. The van der Waals surface area contributed by atoms with E-state index in [1.807, 2.05) is 30.3 Å². The Hall–Kier alpha value is -3.22. The van der Waals surface area contributed by atoms with Crippen molar-refractivity contribution in [2.75, 3.05) is 37.6 Å². The number of rotatable bonds is 3. The van der Waals surface area contributed by atoms with Crippen LogP contribution in [0, 0.1) is 5.92 Å². The fourth-order valence-electron chi connectivity index (χ4n) is 3.79. The van der Waals surface area contributed by atoms with Crippen LogP contribution in [0.1, 0.15) is 16.8 Å². The number of hydrogen-bond acceptors (Lipinski definition) is 4. The quantitative estimate of drug-likeness (QED) is 0.810. The predicted octanol–water partition coefficient (Wildman–Crippen LogP) is 1.42. The van der Waals surface area contributed by atoms with Gasteiger partial charge in [-0.15, -0.1) is 0 Å². The van der Waals surface area contributed by atoms with Crippen LogP contribution in [0.3, 0.4) is 0 Å². The van der Waals surface area contributed by atoms with Crippen molar-refractivity contribution in [1.29, 1.82) is 0 Å². The van der Waals surface area contributed by atoms with Crippen molar-refractivity contribution in [3.8, 4) is 0 Å². The van der Waals surface area contributed by atoms with E-state index in [0.29, 0.717) is 38.3 Å². The first kappa shape index (κ1) is 18.2. The van der Waals surface area contributed by atoms with Gasteiger partial charge >= 0.3 is 0 Å². The highest BCUT2D eigenvalue weighted by Crippen LogP contribution is 2.26. The highest BCUT2D eigenvalue weighted by atomic mass is 16.2. The molecule has 3 amide bonds. The van der Waals surface area contributed by atoms with Gasteiger partial charge in [-0.05, 0) is 24.3 Å². The average Bonchev–Trinajstić information content (AvgIpc) is 3.15. The number of pyridine rings is 1. The highest BCUT2D eigenvalue weighted by molar-refractivity contribution is 6.00. The monoisotopic (exact) mass is 378 g/mol. The van der Waals surface area contributed by atoms with Crippen LogP contribution in [0.5, 0.6) is 0 Å². The Bertz CT molecular complexity index is 864. The third-order valence-corrected chi connectivity index (χ3v) is 5.33. The minimum absolute atomic E-state index is 0.000239. The summed E-state index contributed by atoms with van der Waals surface area (Å²) in [5.41, 5.74) is 1.39. The van der Waals surface area contributed by atoms with E-state index in [9.17, 15) is 14.4 Å². The molecule has 0 spiro atoms. The summed E-state index contributed by atoms with van der Waals surface area (Å²) in [5.74, 6) is -0.407. The van der Waals surface area contributed by atoms with Crippen molar-refractivity contribution in [3.63, 3.8) is 0 Å². The number of nitrogens with zero attached hydrogens (tertiary/aromatic N) is 4. The lowest BCUT2D eigenvalue weighted by atomic mass is 10.1. The first-order valence-corrected chi connectivity index (χ1v) is 9.47. The Morgan fingerprint density at radius 1 is 0.929 bits per heavy atom. The number of anilines is 1. The zero-order valence-electron chi connectivity index (χ0n) is 15.5. The van der Waals surface area contributed by atoms with Gasteiger partial charge in [-0.25, -0.2) is 0 Å². The molecule has 2 aliphatic heterocycles. The molecule has 0 saturated carbocycles. The smallest absolute Gasteiger partial charge is 0.255 e. The Balaban J connectivity index is 1.34. The van der Waals surface area contributed by atoms with Crippen LogP contribution in [0.25, 0.3) is 0 Å². The predicted molar refractivity (Wildman–Crippen MR) is 104 cm³/mol. The van der Waals surface area contributed by atoms with Gasteiger partial charge in [0.1, 0.15) is 0 Å². The summed E-state index contributed by atoms with van der Waals surface area (Å²) in [6, 6.07) is 12.9. The molecule has 2 saturated heterocycles. The third kappa shape index (κ3) is 3.60. The number of piperazine rings is 1. The lowest BCUT2D eigenvalue weighted by molar-refractivity contribution is -0.137. The van der Waals surface area contributed by atoms with Crippen LogP contribution in [-0.2, 0) is 9.59 Å². The minimum Gasteiger partial charge on any atom is -0.339 e. The number of benzene rings is 1. The first-order valence-electron chi connectivity index (χ1n) is 9.47. The molecule has 1 aromatic carbocycles. The molecule has 7 nitrogen and oxygen atoms in total. The number of aromatic nitrogens is 1. The second-order valence-electron chi connectivity index (χ2n) is 7.10. The van der Waals surface area contributed by atoms with Crippen LogP contribution >= 0.6 is 0 Å². The summed E-state index contributed by atoms with van der Waals surface area (Å²) < 4.78 is 0. The van der Waals surface area contributed by atoms with Crippen LogP contribution in [0.2, 0.25) is 0 Å². The average molecular weight is 378 g/mol. The van der Waals surface area contributed by atoms with E-state index in [4.69, 9.17) is 0 Å². The van der Waals surface area contributed by atoms with E-state index in [2.05, 4.69) is 4.98 Å². The molecule has 28 heavy (non-hydrogen) atoms. The molecule has 0 bridgehead atoms. The van der Waals surface area contributed by atoms with Crippen LogP contribution < -0.4 is 4.90 Å². The molecule has 7 heteroatoms. The molecular formula is C21H22N4O3. The van der Waals surface area contributed by atoms with Crippen molar-refractivity contribution in [3.05, 3.63) is 60.4 Å².